The summed E-state index contributed by atoms with van der Waals surface area (Å²) in [5, 5.41) is 0.495. The number of fused-ring (bicyclic) bond motifs is 1. The van der Waals surface area contributed by atoms with Gasteiger partial charge in [0.2, 0.25) is 0 Å². The molecule has 1 aromatic carbocycles. The van der Waals surface area contributed by atoms with Crippen molar-refractivity contribution in [1.29, 1.82) is 0 Å². The van der Waals surface area contributed by atoms with Crippen LogP contribution in [0.15, 0.2) is 24.3 Å². The number of hydrogen-bond acceptors (Lipinski definition) is 5. The van der Waals surface area contributed by atoms with Gasteiger partial charge in [-0.1, -0.05) is 31.0 Å². The molecule has 2 rings (SSSR count). The van der Waals surface area contributed by atoms with Gasteiger partial charge in [0, 0.05) is 6.61 Å². The van der Waals surface area contributed by atoms with E-state index in [0.29, 0.717) is 17.6 Å². The Morgan fingerprint density at radius 2 is 1.64 bits per heavy atom. The van der Waals surface area contributed by atoms with Crippen LogP contribution in [0.5, 0.6) is 0 Å². The number of hydrogen-bond donors (Lipinski definition) is 0. The fraction of sp³-hybridized carbons (Fsp3) is 0.438. The zero-order valence-corrected chi connectivity index (χ0v) is 12.9. The van der Waals surface area contributed by atoms with Crippen LogP contribution in [0.25, 0.3) is 0 Å². The predicted octanol–water partition coefficient (Wildman–Crippen LogP) is 2.19. The van der Waals surface area contributed by atoms with Crippen LogP contribution in [0.1, 0.15) is 47.9 Å². The van der Waals surface area contributed by atoms with Gasteiger partial charge in [0.05, 0.1) is 11.1 Å². The zero-order chi connectivity index (χ0) is 16.3. The molecule has 1 unspecified atom stereocenters. The molecule has 0 spiro atoms. The monoisotopic (exact) mass is 305 g/mol. The SMILES string of the molecule is CC(C)CCOC(C)C(=O)ON1C(=O)c2ccccc2C1=O. The van der Waals surface area contributed by atoms with Crippen LogP contribution >= 0.6 is 0 Å². The van der Waals surface area contributed by atoms with Crippen molar-refractivity contribution in [3.05, 3.63) is 35.4 Å². The second-order valence-corrected chi connectivity index (χ2v) is 5.56. The van der Waals surface area contributed by atoms with Crippen molar-refractivity contribution in [2.75, 3.05) is 6.61 Å². The summed E-state index contributed by atoms with van der Waals surface area (Å²) in [7, 11) is 0. The largest absolute Gasteiger partial charge is 0.367 e. The van der Waals surface area contributed by atoms with Gasteiger partial charge < -0.3 is 9.57 Å². The highest BCUT2D eigenvalue weighted by molar-refractivity contribution is 6.20. The zero-order valence-electron chi connectivity index (χ0n) is 12.9. The van der Waals surface area contributed by atoms with Gasteiger partial charge in [-0.05, 0) is 31.4 Å². The number of imide groups is 1. The summed E-state index contributed by atoms with van der Waals surface area (Å²) in [5.41, 5.74) is 0.461. The second-order valence-electron chi connectivity index (χ2n) is 5.56. The molecule has 118 valence electrons. The smallest absolute Gasteiger partial charge is 0.361 e. The van der Waals surface area contributed by atoms with E-state index in [1.165, 1.54) is 19.1 Å². The molecule has 0 fully saturated rings. The molecule has 22 heavy (non-hydrogen) atoms. The van der Waals surface area contributed by atoms with Crippen molar-refractivity contribution >= 4 is 17.8 Å². The Hall–Kier alpha value is -2.21. The summed E-state index contributed by atoms with van der Waals surface area (Å²) in [6.45, 7) is 6.03. The minimum absolute atomic E-state index is 0.230. The van der Waals surface area contributed by atoms with E-state index in [1.54, 1.807) is 12.1 Å². The minimum Gasteiger partial charge on any atom is -0.367 e. The lowest BCUT2D eigenvalue weighted by molar-refractivity contribution is -0.180. The maximum atomic E-state index is 12.1. The van der Waals surface area contributed by atoms with Gasteiger partial charge in [0.15, 0.2) is 6.10 Å². The molecule has 1 aliphatic heterocycles. The predicted molar refractivity (Wildman–Crippen MR) is 77.9 cm³/mol. The van der Waals surface area contributed by atoms with Crippen LogP contribution in [-0.2, 0) is 14.4 Å². The lowest BCUT2D eigenvalue weighted by atomic mass is 10.1. The van der Waals surface area contributed by atoms with Gasteiger partial charge in [-0.3, -0.25) is 9.59 Å². The number of carbonyl (C=O) groups is 3. The van der Waals surface area contributed by atoms with Crippen molar-refractivity contribution in [1.82, 2.24) is 5.06 Å². The summed E-state index contributed by atoms with van der Waals surface area (Å²) < 4.78 is 5.35. The van der Waals surface area contributed by atoms with E-state index in [0.717, 1.165) is 6.42 Å². The molecule has 0 aromatic heterocycles. The van der Waals surface area contributed by atoms with Crippen LogP contribution in [0.3, 0.4) is 0 Å². The Bertz CT molecular complexity index is 561. The molecule has 0 saturated carbocycles. The normalized spacial score (nSPS) is 15.2. The average Bonchev–Trinajstić information content (AvgIpc) is 2.72. The molecular formula is C16H19NO5. The van der Waals surface area contributed by atoms with Gasteiger partial charge in [-0.15, -0.1) is 0 Å². The molecule has 1 aliphatic rings. The summed E-state index contributed by atoms with van der Waals surface area (Å²) in [4.78, 5) is 40.9. The standard InChI is InChI=1S/C16H19NO5/c1-10(2)8-9-21-11(3)16(20)22-17-14(18)12-6-4-5-7-13(12)15(17)19/h4-7,10-11H,8-9H2,1-3H3. The first-order valence-electron chi connectivity index (χ1n) is 7.23. The molecule has 0 aliphatic carbocycles. The topological polar surface area (TPSA) is 72.9 Å². The number of nitrogens with zero attached hydrogens (tertiary/aromatic N) is 1. The summed E-state index contributed by atoms with van der Waals surface area (Å²) in [5.74, 6) is -1.58. The molecule has 1 atom stereocenters. The van der Waals surface area contributed by atoms with Crippen LogP contribution < -0.4 is 0 Å². The Balaban J connectivity index is 1.96. The van der Waals surface area contributed by atoms with Crippen molar-refractivity contribution in [3.8, 4) is 0 Å². The Kier molecular flexibility index (Phi) is 4.92. The number of ether oxygens (including phenoxy) is 1. The van der Waals surface area contributed by atoms with Gasteiger partial charge in [0.25, 0.3) is 11.8 Å². The van der Waals surface area contributed by atoms with Crippen molar-refractivity contribution in [2.24, 2.45) is 5.92 Å². The maximum absolute atomic E-state index is 12.1. The fourth-order valence-electron chi connectivity index (χ4n) is 1.96. The number of hydroxylamine groups is 2. The molecule has 0 N–H and O–H groups in total. The molecule has 0 radical (unpaired) electrons. The fourth-order valence-corrected chi connectivity index (χ4v) is 1.96. The molecule has 0 saturated heterocycles. The molecular weight excluding hydrogens is 286 g/mol. The quantitative estimate of drug-likeness (QED) is 0.753. The van der Waals surface area contributed by atoms with Crippen LogP contribution in [0.4, 0.5) is 0 Å². The van der Waals surface area contributed by atoms with E-state index >= 15 is 0 Å². The number of benzene rings is 1. The lowest BCUT2D eigenvalue weighted by Gasteiger charge is -2.17. The van der Waals surface area contributed by atoms with Crippen molar-refractivity contribution in [2.45, 2.75) is 33.3 Å². The second kappa shape index (κ2) is 6.70. The third-order valence-corrected chi connectivity index (χ3v) is 3.33. The number of rotatable bonds is 6. The van der Waals surface area contributed by atoms with Gasteiger partial charge in [0.1, 0.15) is 0 Å². The highest BCUT2D eigenvalue weighted by Crippen LogP contribution is 2.23. The first-order chi connectivity index (χ1) is 10.4. The molecule has 6 heteroatoms. The average molecular weight is 305 g/mol. The van der Waals surface area contributed by atoms with E-state index in [2.05, 4.69) is 0 Å². The molecule has 1 aromatic rings. The van der Waals surface area contributed by atoms with Crippen LogP contribution in [-0.4, -0.2) is 35.6 Å². The van der Waals surface area contributed by atoms with Gasteiger partial charge in [-0.2, -0.15) is 0 Å². The third kappa shape index (κ3) is 3.33. The molecule has 0 bridgehead atoms. The summed E-state index contributed by atoms with van der Waals surface area (Å²) >= 11 is 0. The molecule has 1 heterocycles. The first kappa shape index (κ1) is 16.2. The first-order valence-corrected chi connectivity index (χ1v) is 7.23. The van der Waals surface area contributed by atoms with Crippen molar-refractivity contribution in [3.63, 3.8) is 0 Å². The van der Waals surface area contributed by atoms with Crippen LogP contribution in [0.2, 0.25) is 0 Å². The van der Waals surface area contributed by atoms with Crippen molar-refractivity contribution < 1.29 is 24.0 Å². The number of amides is 2. The van der Waals surface area contributed by atoms with E-state index < -0.39 is 23.9 Å². The van der Waals surface area contributed by atoms with E-state index in [-0.39, 0.29) is 11.1 Å². The lowest BCUT2D eigenvalue weighted by Crippen LogP contribution is -2.37. The Morgan fingerprint density at radius 1 is 1.09 bits per heavy atom. The van der Waals surface area contributed by atoms with Crippen LogP contribution in [0, 0.1) is 5.92 Å². The third-order valence-electron chi connectivity index (χ3n) is 3.33. The maximum Gasteiger partial charge on any atom is 0.361 e. The minimum atomic E-state index is -0.844. The Morgan fingerprint density at radius 3 is 2.14 bits per heavy atom. The van der Waals surface area contributed by atoms with E-state index in [4.69, 9.17) is 9.57 Å². The van der Waals surface area contributed by atoms with Gasteiger partial charge >= 0.3 is 5.97 Å². The summed E-state index contributed by atoms with van der Waals surface area (Å²) in [6, 6.07) is 6.33. The Labute approximate surface area is 129 Å². The highest BCUT2D eigenvalue weighted by Gasteiger charge is 2.39. The highest BCUT2D eigenvalue weighted by atomic mass is 16.7. The molecule has 6 nitrogen and oxygen atoms in total. The summed E-state index contributed by atoms with van der Waals surface area (Å²) in [6.07, 6.45) is -0.0342. The van der Waals surface area contributed by atoms with E-state index in [9.17, 15) is 14.4 Å². The van der Waals surface area contributed by atoms with E-state index in [1.807, 2.05) is 13.8 Å². The number of carbonyl (C=O) groups excluding carboxylic acids is 3. The molecule has 2 amide bonds. The van der Waals surface area contributed by atoms with Gasteiger partial charge in [-0.25, -0.2) is 4.79 Å².